The highest BCUT2D eigenvalue weighted by atomic mass is 32.2. The summed E-state index contributed by atoms with van der Waals surface area (Å²) in [7, 11) is 0. The van der Waals surface area contributed by atoms with Gasteiger partial charge in [-0.25, -0.2) is 0 Å². The van der Waals surface area contributed by atoms with Crippen LogP contribution in [0.1, 0.15) is 33.3 Å². The fourth-order valence-corrected chi connectivity index (χ4v) is 5.93. The van der Waals surface area contributed by atoms with Gasteiger partial charge in [0.25, 0.3) is 5.91 Å². The topological polar surface area (TPSA) is 107 Å². The number of benzene rings is 2. The Balaban J connectivity index is 1.54. The maximum atomic E-state index is 13.6. The van der Waals surface area contributed by atoms with Crippen molar-refractivity contribution in [2.24, 2.45) is 0 Å². The Labute approximate surface area is 229 Å². The van der Waals surface area contributed by atoms with E-state index in [0.717, 1.165) is 10.5 Å². The summed E-state index contributed by atoms with van der Waals surface area (Å²) in [6.07, 6.45) is -0.289. The fourth-order valence-electron chi connectivity index (χ4n) is 4.35. The van der Waals surface area contributed by atoms with Gasteiger partial charge in [-0.1, -0.05) is 42.0 Å². The van der Waals surface area contributed by atoms with Crippen LogP contribution in [-0.4, -0.2) is 70.0 Å². The van der Waals surface area contributed by atoms with E-state index < -0.39 is 24.0 Å². The van der Waals surface area contributed by atoms with Crippen LogP contribution in [0.4, 0.5) is 0 Å². The first-order valence-corrected chi connectivity index (χ1v) is 14.1. The minimum absolute atomic E-state index is 0.0184. The Morgan fingerprint density at radius 1 is 1.05 bits per heavy atom. The molecule has 3 amide bonds. The third-order valence-corrected chi connectivity index (χ3v) is 8.23. The van der Waals surface area contributed by atoms with Gasteiger partial charge in [0.2, 0.25) is 11.8 Å². The average Bonchev–Trinajstić information content (AvgIpc) is 3.46. The Bertz CT molecular complexity index is 1280. The molecule has 1 fully saturated rings. The number of piperazine rings is 1. The molecule has 0 spiro atoms. The van der Waals surface area contributed by atoms with E-state index in [-0.39, 0.29) is 37.1 Å². The van der Waals surface area contributed by atoms with Crippen LogP contribution < -0.4 is 5.32 Å². The number of amides is 3. The molecule has 0 bridgehead atoms. The Kier molecular flexibility index (Phi) is 9.19. The van der Waals surface area contributed by atoms with Crippen LogP contribution in [0.15, 0.2) is 77.0 Å². The number of thioether (sulfide) groups is 1. The van der Waals surface area contributed by atoms with Crippen molar-refractivity contribution in [1.82, 2.24) is 15.1 Å². The third kappa shape index (κ3) is 7.02. The molecule has 0 radical (unpaired) electrons. The summed E-state index contributed by atoms with van der Waals surface area (Å²) in [5, 5.41) is 14.1. The van der Waals surface area contributed by atoms with E-state index in [0.29, 0.717) is 17.0 Å². The quantitative estimate of drug-likeness (QED) is 0.392. The second kappa shape index (κ2) is 12.7. The van der Waals surface area contributed by atoms with Crippen molar-refractivity contribution in [3.8, 4) is 0 Å². The first-order valence-electron chi connectivity index (χ1n) is 12.2. The molecule has 1 saturated heterocycles. The van der Waals surface area contributed by atoms with Crippen LogP contribution >= 0.6 is 23.1 Å². The maximum absolute atomic E-state index is 13.6. The van der Waals surface area contributed by atoms with Crippen molar-refractivity contribution in [1.29, 1.82) is 0 Å². The molecule has 3 aromatic rings. The van der Waals surface area contributed by atoms with Crippen molar-refractivity contribution in [3.63, 3.8) is 0 Å². The molecule has 2 heterocycles. The highest BCUT2D eigenvalue weighted by Crippen LogP contribution is 2.24. The van der Waals surface area contributed by atoms with Crippen LogP contribution in [0.3, 0.4) is 0 Å². The number of rotatable bonds is 9. The largest absolute Gasteiger partial charge is 0.481 e. The van der Waals surface area contributed by atoms with Gasteiger partial charge in [0.1, 0.15) is 6.04 Å². The van der Waals surface area contributed by atoms with Gasteiger partial charge in [0.05, 0.1) is 24.8 Å². The summed E-state index contributed by atoms with van der Waals surface area (Å²) >= 11 is 2.73. The minimum atomic E-state index is -1.05. The van der Waals surface area contributed by atoms with Crippen molar-refractivity contribution in [2.45, 2.75) is 30.3 Å². The number of carboxylic acid groups (broad SMARTS) is 1. The highest BCUT2D eigenvalue weighted by molar-refractivity contribution is 8.00. The van der Waals surface area contributed by atoms with E-state index in [1.165, 1.54) is 28.0 Å². The highest BCUT2D eigenvalue weighted by Gasteiger charge is 2.38. The lowest BCUT2D eigenvalue weighted by molar-refractivity contribution is -0.142. The molecule has 38 heavy (non-hydrogen) atoms. The van der Waals surface area contributed by atoms with Gasteiger partial charge in [-0.3, -0.25) is 19.2 Å². The van der Waals surface area contributed by atoms with E-state index in [9.17, 15) is 24.3 Å². The predicted octanol–water partition coefficient (Wildman–Crippen LogP) is 3.83. The zero-order valence-corrected chi connectivity index (χ0v) is 22.5. The van der Waals surface area contributed by atoms with Crippen molar-refractivity contribution < 1.29 is 24.3 Å². The minimum Gasteiger partial charge on any atom is -0.481 e. The van der Waals surface area contributed by atoms with E-state index in [1.54, 1.807) is 29.2 Å². The molecule has 10 heteroatoms. The van der Waals surface area contributed by atoms with Gasteiger partial charge in [0.15, 0.2) is 0 Å². The summed E-state index contributed by atoms with van der Waals surface area (Å²) in [5.74, 6) is -1.81. The summed E-state index contributed by atoms with van der Waals surface area (Å²) in [6.45, 7) is 2.42. The van der Waals surface area contributed by atoms with E-state index >= 15 is 0 Å². The van der Waals surface area contributed by atoms with Crippen molar-refractivity contribution in [3.05, 3.63) is 88.1 Å². The molecular weight excluding hydrogens is 522 g/mol. The third-order valence-electron chi connectivity index (χ3n) is 6.24. The predicted molar refractivity (Wildman–Crippen MR) is 147 cm³/mol. The number of carbonyl (C=O) groups is 4. The number of carboxylic acids is 1. The van der Waals surface area contributed by atoms with Crippen LogP contribution in [0.25, 0.3) is 0 Å². The first kappa shape index (κ1) is 27.4. The standard InChI is InChI=1S/C28H29N3O5S2/c1-19-7-5-8-20(15-19)28(36)30-12-13-31(25(32)18-38-21-9-3-2-4-10-21)23(17-30)27(35)29-22(16-26(33)34)24-11-6-14-37-24/h2-11,14-15,22-23H,12-13,16-18H2,1H3,(H,29,35)(H,33,34). The van der Waals surface area contributed by atoms with Crippen LogP contribution in [0, 0.1) is 6.92 Å². The monoisotopic (exact) mass is 551 g/mol. The zero-order valence-electron chi connectivity index (χ0n) is 20.9. The van der Waals surface area contributed by atoms with Gasteiger partial charge in [-0.2, -0.15) is 0 Å². The number of aryl methyl sites for hydroxylation is 1. The summed E-state index contributed by atoms with van der Waals surface area (Å²) in [6, 6.07) is 18.6. The molecule has 8 nitrogen and oxygen atoms in total. The lowest BCUT2D eigenvalue weighted by Gasteiger charge is -2.41. The smallest absolute Gasteiger partial charge is 0.305 e. The van der Waals surface area contributed by atoms with E-state index in [2.05, 4.69) is 5.32 Å². The number of hydrogen-bond donors (Lipinski definition) is 2. The summed E-state index contributed by atoms with van der Waals surface area (Å²) in [4.78, 5) is 56.4. The Morgan fingerprint density at radius 3 is 2.53 bits per heavy atom. The number of hydrogen-bond acceptors (Lipinski definition) is 6. The second-order valence-corrected chi connectivity index (χ2v) is 11.0. The molecule has 2 atom stereocenters. The van der Waals surface area contributed by atoms with Gasteiger partial charge in [-0.05, 0) is 42.6 Å². The number of carbonyl (C=O) groups excluding carboxylic acids is 3. The van der Waals surface area contributed by atoms with Gasteiger partial charge >= 0.3 is 5.97 Å². The lowest BCUT2D eigenvalue weighted by atomic mass is 10.1. The number of aliphatic carboxylic acids is 1. The summed E-state index contributed by atoms with van der Waals surface area (Å²) < 4.78 is 0. The lowest BCUT2D eigenvalue weighted by Crippen LogP contribution is -2.62. The van der Waals surface area contributed by atoms with Gasteiger partial charge < -0.3 is 20.2 Å². The van der Waals surface area contributed by atoms with Crippen LogP contribution in [0.5, 0.6) is 0 Å². The van der Waals surface area contributed by atoms with E-state index in [1.807, 2.05) is 54.8 Å². The fraction of sp³-hybridized carbons (Fsp3) is 0.286. The molecule has 2 aromatic carbocycles. The Hall–Kier alpha value is -3.63. The molecule has 1 aromatic heterocycles. The number of nitrogens with zero attached hydrogens (tertiary/aromatic N) is 2. The van der Waals surface area contributed by atoms with Gasteiger partial charge in [0, 0.05) is 28.4 Å². The molecular formula is C28H29N3O5S2. The van der Waals surface area contributed by atoms with E-state index in [4.69, 9.17) is 0 Å². The molecule has 1 aliphatic rings. The maximum Gasteiger partial charge on any atom is 0.305 e. The summed E-state index contributed by atoms with van der Waals surface area (Å²) in [5.41, 5.74) is 1.47. The molecule has 2 N–H and O–H groups in total. The second-order valence-electron chi connectivity index (χ2n) is 9.00. The number of nitrogens with one attached hydrogen (secondary N) is 1. The zero-order chi connectivity index (χ0) is 27.1. The Morgan fingerprint density at radius 2 is 1.84 bits per heavy atom. The van der Waals surface area contributed by atoms with Gasteiger partial charge in [-0.15, -0.1) is 23.1 Å². The van der Waals surface area contributed by atoms with Crippen LogP contribution in [0.2, 0.25) is 0 Å². The molecule has 0 saturated carbocycles. The first-order chi connectivity index (χ1) is 18.3. The molecule has 198 valence electrons. The van der Waals surface area contributed by atoms with Crippen molar-refractivity contribution >= 4 is 46.8 Å². The normalized spacial score (nSPS) is 16.1. The molecule has 1 aliphatic heterocycles. The average molecular weight is 552 g/mol. The number of thiophene rings is 1. The SMILES string of the molecule is Cc1cccc(C(=O)N2CCN(C(=O)CSc3ccccc3)C(C(=O)NC(CC(=O)O)c3cccs3)C2)c1. The molecule has 0 aliphatic carbocycles. The van der Waals surface area contributed by atoms with Crippen molar-refractivity contribution in [2.75, 3.05) is 25.4 Å². The van der Waals surface area contributed by atoms with Crippen LogP contribution in [-0.2, 0) is 14.4 Å². The molecule has 2 unspecified atom stereocenters. The molecule has 4 rings (SSSR count).